The lowest BCUT2D eigenvalue weighted by molar-refractivity contribution is 0.135. The molecule has 2 rings (SSSR count). The van der Waals surface area contributed by atoms with Gasteiger partial charge in [-0.05, 0) is 69.4 Å². The summed E-state index contributed by atoms with van der Waals surface area (Å²) in [6.45, 7) is 12.4. The Kier molecular flexibility index (Phi) is 6.35. The van der Waals surface area contributed by atoms with Crippen LogP contribution in [0.5, 0.6) is 0 Å². The van der Waals surface area contributed by atoms with Gasteiger partial charge < -0.3 is 10.2 Å². The fourth-order valence-electron chi connectivity index (χ4n) is 3.69. The molecule has 1 atom stereocenters. The molecular formula is C18H36N2. The summed E-state index contributed by atoms with van der Waals surface area (Å²) >= 11 is 0. The molecule has 1 aliphatic heterocycles. The normalized spacial score (nSPS) is 25.6. The molecule has 1 heterocycles. The van der Waals surface area contributed by atoms with E-state index in [0.717, 1.165) is 12.0 Å². The van der Waals surface area contributed by atoms with Gasteiger partial charge in [0.1, 0.15) is 0 Å². The fraction of sp³-hybridized carbons (Fsp3) is 1.00. The summed E-state index contributed by atoms with van der Waals surface area (Å²) in [7, 11) is 0. The van der Waals surface area contributed by atoms with E-state index in [2.05, 4.69) is 31.0 Å². The predicted octanol–water partition coefficient (Wildman–Crippen LogP) is 4.06. The third-order valence-electron chi connectivity index (χ3n) is 5.92. The Labute approximate surface area is 126 Å². The van der Waals surface area contributed by atoms with Gasteiger partial charge in [-0.25, -0.2) is 0 Å². The molecule has 1 aliphatic carbocycles. The zero-order chi connectivity index (χ0) is 14.4. The lowest BCUT2D eigenvalue weighted by Gasteiger charge is -2.37. The Hall–Kier alpha value is -0.0800. The maximum atomic E-state index is 3.80. The summed E-state index contributed by atoms with van der Waals surface area (Å²) in [5, 5.41) is 3.80. The Bertz CT molecular complexity index is 269. The minimum absolute atomic E-state index is 0.509. The summed E-state index contributed by atoms with van der Waals surface area (Å²) in [6.07, 6.45) is 11.1. The molecule has 0 aromatic heterocycles. The molecule has 1 N–H and O–H groups in total. The van der Waals surface area contributed by atoms with Crippen LogP contribution in [0.1, 0.15) is 72.1 Å². The van der Waals surface area contributed by atoms with E-state index in [9.17, 15) is 0 Å². The van der Waals surface area contributed by atoms with Gasteiger partial charge in [0, 0.05) is 19.1 Å². The molecule has 0 bridgehead atoms. The molecular weight excluding hydrogens is 244 g/mol. The summed E-state index contributed by atoms with van der Waals surface area (Å²) in [4.78, 5) is 2.78. The van der Waals surface area contributed by atoms with E-state index in [1.807, 2.05) is 0 Å². The smallest absolute Gasteiger partial charge is 0.00684 e. The largest absolute Gasteiger partial charge is 0.313 e. The highest BCUT2D eigenvalue weighted by molar-refractivity contribution is 4.89. The van der Waals surface area contributed by atoms with Crippen LogP contribution in [0.4, 0.5) is 0 Å². The average molecular weight is 281 g/mol. The monoisotopic (exact) mass is 280 g/mol. The van der Waals surface area contributed by atoms with Crippen molar-refractivity contribution in [3.63, 3.8) is 0 Å². The van der Waals surface area contributed by atoms with Crippen molar-refractivity contribution in [1.82, 2.24) is 10.2 Å². The maximum Gasteiger partial charge on any atom is 0.00684 e. The molecule has 0 spiro atoms. The molecule has 2 heteroatoms. The lowest BCUT2D eigenvalue weighted by atomic mass is 9.81. The van der Waals surface area contributed by atoms with Crippen LogP contribution in [0.25, 0.3) is 0 Å². The van der Waals surface area contributed by atoms with Crippen LogP contribution in [-0.2, 0) is 0 Å². The molecule has 0 aromatic carbocycles. The summed E-state index contributed by atoms with van der Waals surface area (Å²) < 4.78 is 0. The Morgan fingerprint density at radius 2 is 1.75 bits per heavy atom. The molecule has 2 aliphatic rings. The van der Waals surface area contributed by atoms with Gasteiger partial charge in [-0.1, -0.05) is 27.2 Å². The number of hydrogen-bond acceptors (Lipinski definition) is 2. The lowest BCUT2D eigenvalue weighted by Crippen LogP contribution is -2.44. The Morgan fingerprint density at radius 3 is 2.35 bits per heavy atom. The fourth-order valence-corrected chi connectivity index (χ4v) is 3.69. The molecule has 2 nitrogen and oxygen atoms in total. The predicted molar refractivity (Wildman–Crippen MR) is 88.1 cm³/mol. The van der Waals surface area contributed by atoms with Crippen LogP contribution in [0, 0.1) is 11.3 Å². The second-order valence-corrected chi connectivity index (χ2v) is 7.34. The van der Waals surface area contributed by atoms with Crippen molar-refractivity contribution in [2.75, 3.05) is 26.2 Å². The first-order valence-electron chi connectivity index (χ1n) is 9.17. The number of hydrogen-bond donors (Lipinski definition) is 1. The molecule has 1 unspecified atom stereocenters. The second kappa shape index (κ2) is 7.79. The number of rotatable bonds is 8. The zero-order valence-corrected chi connectivity index (χ0v) is 14.1. The van der Waals surface area contributed by atoms with Crippen LogP contribution in [0.2, 0.25) is 0 Å². The van der Waals surface area contributed by atoms with Crippen molar-refractivity contribution in [3.8, 4) is 0 Å². The van der Waals surface area contributed by atoms with E-state index in [0.29, 0.717) is 5.41 Å². The topological polar surface area (TPSA) is 15.3 Å². The van der Waals surface area contributed by atoms with Crippen molar-refractivity contribution < 1.29 is 0 Å². The van der Waals surface area contributed by atoms with E-state index in [4.69, 9.17) is 0 Å². The average Bonchev–Trinajstić information content (AvgIpc) is 3.31. The van der Waals surface area contributed by atoms with E-state index < -0.39 is 0 Å². The highest BCUT2D eigenvalue weighted by Crippen LogP contribution is 2.31. The van der Waals surface area contributed by atoms with Gasteiger partial charge in [0.15, 0.2) is 0 Å². The van der Waals surface area contributed by atoms with Crippen molar-refractivity contribution in [2.24, 2.45) is 11.3 Å². The highest BCUT2D eigenvalue weighted by atomic mass is 15.1. The van der Waals surface area contributed by atoms with Crippen LogP contribution in [0.15, 0.2) is 0 Å². The number of nitrogens with zero attached hydrogens (tertiary/aromatic N) is 1. The van der Waals surface area contributed by atoms with Crippen molar-refractivity contribution in [2.45, 2.75) is 78.2 Å². The molecule has 2 fully saturated rings. The number of likely N-dealkylation sites (tertiary alicyclic amines) is 1. The highest BCUT2D eigenvalue weighted by Gasteiger charge is 2.32. The van der Waals surface area contributed by atoms with Crippen LogP contribution < -0.4 is 5.32 Å². The van der Waals surface area contributed by atoms with Gasteiger partial charge in [-0.15, -0.1) is 0 Å². The van der Waals surface area contributed by atoms with Crippen molar-refractivity contribution in [3.05, 3.63) is 0 Å². The summed E-state index contributed by atoms with van der Waals surface area (Å²) in [5.74, 6) is 0.988. The number of nitrogens with one attached hydrogen (secondary N) is 1. The molecule has 118 valence electrons. The minimum Gasteiger partial charge on any atom is -0.313 e. The van der Waals surface area contributed by atoms with Crippen LogP contribution in [0.3, 0.4) is 0 Å². The van der Waals surface area contributed by atoms with E-state index in [1.165, 1.54) is 77.5 Å². The third-order valence-corrected chi connectivity index (χ3v) is 5.92. The quantitative estimate of drug-likeness (QED) is 0.721. The van der Waals surface area contributed by atoms with Gasteiger partial charge in [-0.3, -0.25) is 0 Å². The Morgan fingerprint density at radius 1 is 1.00 bits per heavy atom. The van der Waals surface area contributed by atoms with Gasteiger partial charge >= 0.3 is 0 Å². The summed E-state index contributed by atoms with van der Waals surface area (Å²) in [6, 6.07) is 0.848. The molecule has 1 saturated heterocycles. The zero-order valence-electron chi connectivity index (χ0n) is 14.1. The molecule has 1 saturated carbocycles. The first-order valence-corrected chi connectivity index (χ1v) is 9.17. The first kappa shape index (κ1) is 16.3. The van der Waals surface area contributed by atoms with E-state index in [-0.39, 0.29) is 0 Å². The molecule has 0 amide bonds. The van der Waals surface area contributed by atoms with Gasteiger partial charge in [0.25, 0.3) is 0 Å². The molecule has 0 radical (unpaired) electrons. The van der Waals surface area contributed by atoms with Gasteiger partial charge in [0.05, 0.1) is 0 Å². The van der Waals surface area contributed by atoms with Crippen LogP contribution in [-0.4, -0.2) is 37.1 Å². The molecule has 20 heavy (non-hydrogen) atoms. The van der Waals surface area contributed by atoms with E-state index in [1.54, 1.807) is 0 Å². The first-order chi connectivity index (χ1) is 9.71. The maximum absolute atomic E-state index is 3.80. The van der Waals surface area contributed by atoms with Crippen LogP contribution >= 0.6 is 0 Å². The molecule has 0 aromatic rings. The van der Waals surface area contributed by atoms with Crippen molar-refractivity contribution >= 4 is 0 Å². The van der Waals surface area contributed by atoms with Gasteiger partial charge in [-0.2, -0.15) is 0 Å². The standard InChI is InChI=1S/C18H36N2/c1-4-16-8-7-12-20(13-11-16)15-18(5-2,6-3)14-19-17-9-10-17/h16-17,19H,4-15H2,1-3H3. The van der Waals surface area contributed by atoms with E-state index >= 15 is 0 Å². The van der Waals surface area contributed by atoms with Crippen molar-refractivity contribution in [1.29, 1.82) is 0 Å². The SMILES string of the molecule is CCC1CCCN(CC(CC)(CC)CNC2CC2)CC1. The minimum atomic E-state index is 0.509. The third kappa shape index (κ3) is 4.73. The Balaban J connectivity index is 1.85. The second-order valence-electron chi connectivity index (χ2n) is 7.34. The summed E-state index contributed by atoms with van der Waals surface area (Å²) in [5.41, 5.74) is 0.509. The van der Waals surface area contributed by atoms with Gasteiger partial charge in [0.2, 0.25) is 0 Å².